The summed E-state index contributed by atoms with van der Waals surface area (Å²) in [4.78, 5) is 0.451. The first kappa shape index (κ1) is 14.0. The van der Waals surface area contributed by atoms with Crippen molar-refractivity contribution >= 4 is 10.0 Å². The van der Waals surface area contributed by atoms with Crippen molar-refractivity contribution < 1.29 is 8.42 Å². The van der Waals surface area contributed by atoms with Gasteiger partial charge in [0.1, 0.15) is 0 Å². The molecule has 0 aromatic heterocycles. The van der Waals surface area contributed by atoms with Gasteiger partial charge in [0.25, 0.3) is 0 Å². The molecule has 110 valence electrons. The van der Waals surface area contributed by atoms with Crippen molar-refractivity contribution in [2.45, 2.75) is 63.2 Å². The standard InChI is InChI=1S/C15H22N2O2S/c1-3-14-6-4-11(2)17(14)20(18,19)15-7-5-12-9-16-10-13(12)8-15/h5,7-8,11,14,16H,3-4,6,9-10H2,1-2H3. The molecule has 0 amide bonds. The normalized spacial score (nSPS) is 26.9. The summed E-state index contributed by atoms with van der Waals surface area (Å²) in [5, 5.41) is 3.26. The monoisotopic (exact) mass is 294 g/mol. The van der Waals surface area contributed by atoms with Crippen LogP contribution in [0.25, 0.3) is 0 Å². The van der Waals surface area contributed by atoms with Crippen molar-refractivity contribution in [2.75, 3.05) is 0 Å². The molecule has 1 aromatic rings. The zero-order valence-corrected chi connectivity index (χ0v) is 12.9. The number of hydrogen-bond acceptors (Lipinski definition) is 3. The minimum absolute atomic E-state index is 0.108. The van der Waals surface area contributed by atoms with Gasteiger partial charge >= 0.3 is 0 Å². The van der Waals surface area contributed by atoms with Crippen LogP contribution in [0.2, 0.25) is 0 Å². The summed E-state index contributed by atoms with van der Waals surface area (Å²) in [7, 11) is -3.37. The van der Waals surface area contributed by atoms with Crippen LogP contribution >= 0.6 is 0 Å². The van der Waals surface area contributed by atoms with E-state index in [1.54, 1.807) is 10.4 Å². The Labute approximate surface area is 121 Å². The Morgan fingerprint density at radius 2 is 2.00 bits per heavy atom. The van der Waals surface area contributed by atoms with Crippen LogP contribution in [-0.4, -0.2) is 24.8 Å². The molecule has 1 aromatic carbocycles. The minimum Gasteiger partial charge on any atom is -0.309 e. The average molecular weight is 294 g/mol. The van der Waals surface area contributed by atoms with Crippen molar-refractivity contribution in [1.29, 1.82) is 0 Å². The highest BCUT2D eigenvalue weighted by molar-refractivity contribution is 7.89. The Morgan fingerprint density at radius 3 is 2.75 bits per heavy atom. The molecule has 0 radical (unpaired) electrons. The van der Waals surface area contributed by atoms with E-state index in [1.807, 2.05) is 19.1 Å². The van der Waals surface area contributed by atoms with Crippen molar-refractivity contribution in [3.05, 3.63) is 29.3 Å². The lowest BCUT2D eigenvalue weighted by molar-refractivity contribution is 0.328. The Bertz CT molecular complexity index is 612. The molecule has 1 saturated heterocycles. The predicted octanol–water partition coefficient (Wildman–Crippen LogP) is 2.24. The molecule has 0 saturated carbocycles. The summed E-state index contributed by atoms with van der Waals surface area (Å²) < 4.78 is 27.6. The second kappa shape index (κ2) is 5.13. The second-order valence-corrected chi connectivity index (χ2v) is 7.70. The van der Waals surface area contributed by atoms with Crippen LogP contribution in [0.5, 0.6) is 0 Å². The topological polar surface area (TPSA) is 49.4 Å². The first-order valence-corrected chi connectivity index (χ1v) is 8.84. The molecule has 5 heteroatoms. The summed E-state index contributed by atoms with van der Waals surface area (Å²) in [6.45, 7) is 5.69. The summed E-state index contributed by atoms with van der Waals surface area (Å²) in [6.07, 6.45) is 2.82. The minimum atomic E-state index is -3.37. The van der Waals surface area contributed by atoms with E-state index in [-0.39, 0.29) is 12.1 Å². The second-order valence-electron chi connectivity index (χ2n) is 5.86. The maximum Gasteiger partial charge on any atom is 0.243 e. The van der Waals surface area contributed by atoms with E-state index in [1.165, 1.54) is 5.56 Å². The number of benzene rings is 1. The van der Waals surface area contributed by atoms with Crippen molar-refractivity contribution in [3.8, 4) is 0 Å². The van der Waals surface area contributed by atoms with E-state index < -0.39 is 10.0 Å². The van der Waals surface area contributed by atoms with Crippen LogP contribution in [0.15, 0.2) is 23.1 Å². The predicted molar refractivity (Wildman–Crippen MR) is 78.8 cm³/mol. The molecule has 2 unspecified atom stereocenters. The summed E-state index contributed by atoms with van der Waals surface area (Å²) >= 11 is 0. The van der Waals surface area contributed by atoms with Gasteiger partial charge in [-0.3, -0.25) is 0 Å². The molecule has 0 spiro atoms. The van der Waals surface area contributed by atoms with Crippen LogP contribution < -0.4 is 5.32 Å². The summed E-state index contributed by atoms with van der Waals surface area (Å²) in [6, 6.07) is 5.82. The number of nitrogens with zero attached hydrogens (tertiary/aromatic N) is 1. The highest BCUT2D eigenvalue weighted by Gasteiger charge is 2.39. The lowest BCUT2D eigenvalue weighted by atomic mass is 10.1. The number of rotatable bonds is 3. The Hall–Kier alpha value is -0.910. The Morgan fingerprint density at radius 1 is 1.25 bits per heavy atom. The molecule has 2 aliphatic heterocycles. The van der Waals surface area contributed by atoms with Crippen molar-refractivity contribution in [3.63, 3.8) is 0 Å². The first-order valence-electron chi connectivity index (χ1n) is 7.40. The largest absolute Gasteiger partial charge is 0.309 e. The zero-order chi connectivity index (χ0) is 14.3. The maximum atomic E-state index is 12.9. The fraction of sp³-hybridized carbons (Fsp3) is 0.600. The van der Waals surface area contributed by atoms with E-state index in [4.69, 9.17) is 0 Å². The van der Waals surface area contributed by atoms with Crippen molar-refractivity contribution in [2.24, 2.45) is 0 Å². The van der Waals surface area contributed by atoms with Gasteiger partial charge in [0.05, 0.1) is 4.90 Å². The van der Waals surface area contributed by atoms with E-state index >= 15 is 0 Å². The molecule has 4 nitrogen and oxygen atoms in total. The average Bonchev–Trinajstić information content (AvgIpc) is 3.03. The van der Waals surface area contributed by atoms with Gasteiger partial charge < -0.3 is 5.32 Å². The lowest BCUT2D eigenvalue weighted by Gasteiger charge is -2.27. The zero-order valence-electron chi connectivity index (χ0n) is 12.1. The molecule has 0 aliphatic carbocycles. The molecule has 2 atom stereocenters. The van der Waals surface area contributed by atoms with Crippen LogP contribution in [0.4, 0.5) is 0 Å². The fourth-order valence-corrected chi connectivity index (χ4v) is 5.42. The number of nitrogens with one attached hydrogen (secondary N) is 1. The highest BCUT2D eigenvalue weighted by Crippen LogP contribution is 2.33. The number of hydrogen-bond donors (Lipinski definition) is 1. The van der Waals surface area contributed by atoms with Crippen LogP contribution in [0.3, 0.4) is 0 Å². The van der Waals surface area contributed by atoms with E-state index in [0.29, 0.717) is 4.90 Å². The third-order valence-corrected chi connectivity index (χ3v) is 6.63. The Balaban J connectivity index is 1.99. The highest BCUT2D eigenvalue weighted by atomic mass is 32.2. The van der Waals surface area contributed by atoms with Gasteiger partial charge in [0, 0.05) is 25.2 Å². The number of fused-ring (bicyclic) bond motifs is 1. The van der Waals surface area contributed by atoms with Crippen LogP contribution in [0, 0.1) is 0 Å². The van der Waals surface area contributed by atoms with Gasteiger partial charge in [-0.1, -0.05) is 13.0 Å². The smallest absolute Gasteiger partial charge is 0.243 e. The molecule has 2 aliphatic rings. The lowest BCUT2D eigenvalue weighted by Crippen LogP contribution is -2.39. The maximum absolute atomic E-state index is 12.9. The summed E-state index contributed by atoms with van der Waals surface area (Å²) in [5.74, 6) is 0. The molecule has 0 bridgehead atoms. The van der Waals surface area contributed by atoms with Crippen molar-refractivity contribution in [1.82, 2.24) is 9.62 Å². The van der Waals surface area contributed by atoms with E-state index in [9.17, 15) is 8.42 Å². The number of sulfonamides is 1. The summed E-state index contributed by atoms with van der Waals surface area (Å²) in [5.41, 5.74) is 2.33. The van der Waals surface area contributed by atoms with Gasteiger partial charge in [0.15, 0.2) is 0 Å². The first-order chi connectivity index (χ1) is 9.54. The Kier molecular flexibility index (Phi) is 3.60. The van der Waals surface area contributed by atoms with Gasteiger partial charge in [-0.2, -0.15) is 4.31 Å². The van der Waals surface area contributed by atoms with Gasteiger partial charge in [-0.15, -0.1) is 0 Å². The molecule has 1 N–H and O–H groups in total. The SMILES string of the molecule is CCC1CCC(C)N1S(=O)(=O)c1ccc2c(c1)CNC2. The van der Waals surface area contributed by atoms with Gasteiger partial charge in [0.2, 0.25) is 10.0 Å². The quantitative estimate of drug-likeness (QED) is 0.930. The van der Waals surface area contributed by atoms with E-state index in [0.717, 1.165) is 37.9 Å². The fourth-order valence-electron chi connectivity index (χ4n) is 3.42. The molecular weight excluding hydrogens is 272 g/mol. The van der Waals surface area contributed by atoms with Crippen LogP contribution in [0.1, 0.15) is 44.2 Å². The molecule has 1 fully saturated rings. The third kappa shape index (κ3) is 2.18. The molecule has 2 heterocycles. The third-order valence-electron chi connectivity index (χ3n) is 4.57. The van der Waals surface area contributed by atoms with E-state index in [2.05, 4.69) is 12.2 Å². The van der Waals surface area contributed by atoms with Crippen LogP contribution in [-0.2, 0) is 23.1 Å². The molecule has 20 heavy (non-hydrogen) atoms. The van der Waals surface area contributed by atoms with Gasteiger partial charge in [-0.25, -0.2) is 8.42 Å². The molecular formula is C15H22N2O2S. The molecule has 3 rings (SSSR count). The van der Waals surface area contributed by atoms with Gasteiger partial charge in [-0.05, 0) is 49.4 Å².